The summed E-state index contributed by atoms with van der Waals surface area (Å²) in [7, 11) is 1.57. The molecule has 2 amide bonds. The largest absolute Gasteiger partial charge is 0.478 e. The Morgan fingerprint density at radius 2 is 2.19 bits per heavy atom. The number of hydrogen-bond donors (Lipinski definition) is 1. The van der Waals surface area contributed by atoms with E-state index in [-0.39, 0.29) is 12.1 Å². The van der Waals surface area contributed by atoms with Crippen molar-refractivity contribution in [3.8, 4) is 23.2 Å². The van der Waals surface area contributed by atoms with E-state index >= 15 is 0 Å². The number of nitriles is 1. The molecule has 0 radical (unpaired) electrons. The molecule has 1 aromatic carbocycles. The SMILES string of the molecule is CCCC(C#N)NC(=O)N(CC)[C@H](C)c1cccc(-c2cn3ccnc3c(OC)n2)c1. The Balaban J connectivity index is 1.88. The van der Waals surface area contributed by atoms with Crippen molar-refractivity contribution < 1.29 is 9.53 Å². The number of hydrogen-bond acceptors (Lipinski definition) is 5. The van der Waals surface area contributed by atoms with Crippen molar-refractivity contribution in [2.45, 2.75) is 45.7 Å². The molecule has 2 heterocycles. The first-order valence-corrected chi connectivity index (χ1v) is 10.5. The van der Waals surface area contributed by atoms with E-state index in [4.69, 9.17) is 4.74 Å². The first-order valence-electron chi connectivity index (χ1n) is 10.5. The molecule has 8 heteroatoms. The summed E-state index contributed by atoms with van der Waals surface area (Å²) < 4.78 is 7.27. The summed E-state index contributed by atoms with van der Waals surface area (Å²) in [5.74, 6) is 0.453. The summed E-state index contributed by atoms with van der Waals surface area (Å²) in [5, 5.41) is 12.1. The van der Waals surface area contributed by atoms with Gasteiger partial charge in [0, 0.05) is 30.7 Å². The molecule has 3 rings (SSSR count). The fourth-order valence-electron chi connectivity index (χ4n) is 3.60. The number of imidazole rings is 1. The number of carbonyl (C=O) groups excluding carboxylic acids is 1. The number of nitrogens with zero attached hydrogens (tertiary/aromatic N) is 5. The molecule has 31 heavy (non-hydrogen) atoms. The third-order valence-electron chi connectivity index (χ3n) is 5.30. The molecule has 162 valence electrons. The number of urea groups is 1. The average Bonchev–Trinajstić information content (AvgIpc) is 3.27. The van der Waals surface area contributed by atoms with Crippen LogP contribution in [0, 0.1) is 11.3 Å². The lowest BCUT2D eigenvalue weighted by molar-refractivity contribution is 0.180. The van der Waals surface area contributed by atoms with Crippen LogP contribution in [0.5, 0.6) is 5.88 Å². The average molecular weight is 421 g/mol. The van der Waals surface area contributed by atoms with Gasteiger partial charge in [-0.25, -0.2) is 14.8 Å². The minimum absolute atomic E-state index is 0.176. The summed E-state index contributed by atoms with van der Waals surface area (Å²) in [6.45, 7) is 6.43. The second-order valence-electron chi connectivity index (χ2n) is 7.30. The first kappa shape index (κ1) is 22.1. The van der Waals surface area contributed by atoms with Gasteiger partial charge in [-0.2, -0.15) is 5.26 Å². The van der Waals surface area contributed by atoms with Gasteiger partial charge >= 0.3 is 6.03 Å². The van der Waals surface area contributed by atoms with Crippen molar-refractivity contribution in [2.75, 3.05) is 13.7 Å². The van der Waals surface area contributed by atoms with Crippen LogP contribution in [-0.2, 0) is 0 Å². The number of fused-ring (bicyclic) bond motifs is 1. The summed E-state index contributed by atoms with van der Waals surface area (Å²) >= 11 is 0. The third kappa shape index (κ3) is 4.77. The molecule has 1 unspecified atom stereocenters. The highest BCUT2D eigenvalue weighted by Crippen LogP contribution is 2.27. The van der Waals surface area contributed by atoms with E-state index in [0.29, 0.717) is 24.5 Å². The van der Waals surface area contributed by atoms with Crippen molar-refractivity contribution in [2.24, 2.45) is 0 Å². The molecule has 3 aromatic rings. The monoisotopic (exact) mass is 420 g/mol. The maximum Gasteiger partial charge on any atom is 0.318 e. The molecular formula is C23H28N6O2. The lowest BCUT2D eigenvalue weighted by Gasteiger charge is -2.29. The predicted octanol–water partition coefficient (Wildman–Crippen LogP) is 4.19. The van der Waals surface area contributed by atoms with E-state index < -0.39 is 6.04 Å². The topological polar surface area (TPSA) is 95.6 Å². The highest BCUT2D eigenvalue weighted by atomic mass is 16.5. The Labute approximate surface area is 182 Å². The molecule has 1 N–H and O–H groups in total. The third-order valence-corrected chi connectivity index (χ3v) is 5.30. The summed E-state index contributed by atoms with van der Waals surface area (Å²) in [5.41, 5.74) is 3.29. The van der Waals surface area contributed by atoms with Gasteiger partial charge in [-0.3, -0.25) is 0 Å². The lowest BCUT2D eigenvalue weighted by Crippen LogP contribution is -2.45. The molecule has 2 atom stereocenters. The number of rotatable bonds is 8. The zero-order chi connectivity index (χ0) is 22.4. The minimum atomic E-state index is -0.483. The van der Waals surface area contributed by atoms with Gasteiger partial charge in [-0.05, 0) is 31.9 Å². The van der Waals surface area contributed by atoms with Crippen molar-refractivity contribution in [3.63, 3.8) is 0 Å². The summed E-state index contributed by atoms with van der Waals surface area (Å²) in [4.78, 5) is 23.4. The van der Waals surface area contributed by atoms with Crippen LogP contribution in [0.3, 0.4) is 0 Å². The van der Waals surface area contributed by atoms with Crippen molar-refractivity contribution in [3.05, 3.63) is 48.4 Å². The highest BCUT2D eigenvalue weighted by molar-refractivity contribution is 5.75. The number of aromatic nitrogens is 3. The summed E-state index contributed by atoms with van der Waals surface area (Å²) in [6.07, 6.45) is 6.92. The molecular weight excluding hydrogens is 392 g/mol. The molecule has 0 bridgehead atoms. The normalized spacial score (nSPS) is 12.7. The van der Waals surface area contributed by atoms with Crippen molar-refractivity contribution >= 4 is 11.7 Å². The molecule has 0 aliphatic carbocycles. The van der Waals surface area contributed by atoms with Crippen LogP contribution in [0.1, 0.15) is 45.2 Å². The molecule has 8 nitrogen and oxygen atoms in total. The van der Waals surface area contributed by atoms with Gasteiger partial charge in [0.2, 0.25) is 0 Å². The molecule has 0 fully saturated rings. The van der Waals surface area contributed by atoms with E-state index in [0.717, 1.165) is 23.2 Å². The number of nitrogens with one attached hydrogen (secondary N) is 1. The Morgan fingerprint density at radius 3 is 2.87 bits per heavy atom. The Morgan fingerprint density at radius 1 is 1.39 bits per heavy atom. The Hall–Kier alpha value is -3.60. The molecule has 2 aromatic heterocycles. The minimum Gasteiger partial charge on any atom is -0.478 e. The van der Waals surface area contributed by atoms with Crippen LogP contribution in [0.4, 0.5) is 4.79 Å². The van der Waals surface area contributed by atoms with Crippen molar-refractivity contribution in [1.82, 2.24) is 24.6 Å². The standard InChI is InChI=1S/C23H28N6O2/c1-5-8-19(14-24)26-23(30)29(6-2)16(3)17-9-7-10-18(13-17)20-15-28-12-11-25-21(28)22(27-20)31-4/h7,9-13,15-16,19H,5-6,8H2,1-4H3,(H,26,30)/t16-,19?/m1/s1. The van der Waals surface area contributed by atoms with Crippen LogP contribution in [0.25, 0.3) is 16.9 Å². The quantitative estimate of drug-likeness (QED) is 0.589. The number of carbonyl (C=O) groups is 1. The van der Waals surface area contributed by atoms with Crippen LogP contribution >= 0.6 is 0 Å². The van der Waals surface area contributed by atoms with E-state index in [2.05, 4.69) is 21.4 Å². The first-order chi connectivity index (χ1) is 15.0. The summed E-state index contributed by atoms with van der Waals surface area (Å²) in [6, 6.07) is 9.21. The van der Waals surface area contributed by atoms with E-state index in [1.807, 2.05) is 61.8 Å². The van der Waals surface area contributed by atoms with Crippen LogP contribution in [0.2, 0.25) is 0 Å². The number of methoxy groups -OCH3 is 1. The van der Waals surface area contributed by atoms with E-state index in [1.54, 1.807) is 18.2 Å². The zero-order valence-electron chi connectivity index (χ0n) is 18.4. The lowest BCUT2D eigenvalue weighted by atomic mass is 10.0. The van der Waals surface area contributed by atoms with Gasteiger partial charge in [-0.15, -0.1) is 0 Å². The van der Waals surface area contributed by atoms with Crippen molar-refractivity contribution in [1.29, 1.82) is 5.26 Å². The fourth-order valence-corrected chi connectivity index (χ4v) is 3.60. The van der Waals surface area contributed by atoms with Gasteiger partial charge in [0.1, 0.15) is 6.04 Å². The second-order valence-corrected chi connectivity index (χ2v) is 7.30. The number of amides is 2. The van der Waals surface area contributed by atoms with Gasteiger partial charge in [0.15, 0.2) is 5.65 Å². The molecule has 0 aliphatic heterocycles. The molecule has 0 saturated carbocycles. The predicted molar refractivity (Wildman–Crippen MR) is 119 cm³/mol. The molecule has 0 spiro atoms. The zero-order valence-corrected chi connectivity index (χ0v) is 18.4. The molecule has 0 aliphatic rings. The second kappa shape index (κ2) is 9.94. The van der Waals surface area contributed by atoms with Gasteiger partial charge in [0.05, 0.1) is 24.9 Å². The van der Waals surface area contributed by atoms with E-state index in [9.17, 15) is 10.1 Å². The number of benzene rings is 1. The highest BCUT2D eigenvalue weighted by Gasteiger charge is 2.22. The van der Waals surface area contributed by atoms with Crippen LogP contribution in [0.15, 0.2) is 42.9 Å². The maximum absolute atomic E-state index is 12.8. The van der Waals surface area contributed by atoms with Crippen LogP contribution < -0.4 is 10.1 Å². The molecule has 0 saturated heterocycles. The number of ether oxygens (including phenoxy) is 1. The van der Waals surface area contributed by atoms with E-state index in [1.165, 1.54) is 0 Å². The Kier molecular flexibility index (Phi) is 7.08. The van der Waals surface area contributed by atoms with Gasteiger partial charge < -0.3 is 19.4 Å². The van der Waals surface area contributed by atoms with Gasteiger partial charge in [0.25, 0.3) is 5.88 Å². The Bertz CT molecular complexity index is 1090. The van der Waals surface area contributed by atoms with Crippen LogP contribution in [-0.4, -0.2) is 45.0 Å². The smallest absolute Gasteiger partial charge is 0.318 e. The fraction of sp³-hybridized carbons (Fsp3) is 0.391. The maximum atomic E-state index is 12.8. The van der Waals surface area contributed by atoms with Gasteiger partial charge in [-0.1, -0.05) is 31.5 Å².